The first-order valence-electron chi connectivity index (χ1n) is 11.1. The van der Waals surface area contributed by atoms with Crippen molar-refractivity contribution in [1.29, 1.82) is 0 Å². The van der Waals surface area contributed by atoms with Crippen molar-refractivity contribution in [3.05, 3.63) is 35.5 Å². The van der Waals surface area contributed by atoms with E-state index < -0.39 is 0 Å². The largest absolute Gasteiger partial charge is 0.361 e. The van der Waals surface area contributed by atoms with E-state index in [0.29, 0.717) is 48.8 Å². The Bertz CT molecular complexity index is 906. The van der Waals surface area contributed by atoms with Gasteiger partial charge in [-0.25, -0.2) is 0 Å². The summed E-state index contributed by atoms with van der Waals surface area (Å²) in [6.45, 7) is 4.66. The van der Waals surface area contributed by atoms with Crippen LogP contribution in [0.2, 0.25) is 0 Å². The van der Waals surface area contributed by atoms with Gasteiger partial charge in [0.15, 0.2) is 5.69 Å². The molecule has 0 radical (unpaired) electrons. The molecule has 2 fully saturated rings. The summed E-state index contributed by atoms with van der Waals surface area (Å²) >= 11 is 0. The minimum Gasteiger partial charge on any atom is -0.361 e. The summed E-state index contributed by atoms with van der Waals surface area (Å²) < 4.78 is 7.15. The Labute approximate surface area is 182 Å². The smallest absolute Gasteiger partial charge is 0.276 e. The molecule has 9 nitrogen and oxygen atoms in total. The van der Waals surface area contributed by atoms with E-state index in [4.69, 9.17) is 4.52 Å². The predicted molar refractivity (Wildman–Crippen MR) is 114 cm³/mol. The van der Waals surface area contributed by atoms with Crippen LogP contribution in [0.1, 0.15) is 47.5 Å². The standard InChI is InChI=1S/C22H32N6O3/c1-15-18(14-28-9-5-8-24-28)21(25-31-15)22(30)27-12-16-10-17(13-27)19(23-11-16)6-4-7-20(29)26(2)3/h5,8-9,16-17,19,23H,4,6-7,10-14H2,1-3H3/t16-,17+,19+/m0/s1. The van der Waals surface area contributed by atoms with Crippen molar-refractivity contribution in [3.63, 3.8) is 0 Å². The Kier molecular flexibility index (Phi) is 6.41. The number of likely N-dealkylation sites (tertiary alicyclic amines) is 1. The van der Waals surface area contributed by atoms with Gasteiger partial charge in [0.1, 0.15) is 5.76 Å². The molecule has 0 saturated carbocycles. The van der Waals surface area contributed by atoms with Crippen LogP contribution in [0.3, 0.4) is 0 Å². The normalized spacial score (nSPS) is 23.1. The molecule has 2 saturated heterocycles. The Morgan fingerprint density at radius 3 is 2.90 bits per heavy atom. The molecule has 9 heteroatoms. The molecule has 0 aromatic carbocycles. The molecular formula is C22H32N6O3. The van der Waals surface area contributed by atoms with Gasteiger partial charge in [-0.05, 0) is 50.6 Å². The summed E-state index contributed by atoms with van der Waals surface area (Å²) in [5.41, 5.74) is 1.19. The highest BCUT2D eigenvalue weighted by atomic mass is 16.5. The number of nitrogens with one attached hydrogen (secondary N) is 1. The molecule has 4 rings (SSSR count). The number of rotatable bonds is 7. The summed E-state index contributed by atoms with van der Waals surface area (Å²) in [7, 11) is 3.59. The van der Waals surface area contributed by atoms with Gasteiger partial charge in [-0.3, -0.25) is 14.3 Å². The van der Waals surface area contributed by atoms with Gasteiger partial charge < -0.3 is 19.6 Å². The predicted octanol–water partition coefficient (Wildman–Crippen LogP) is 1.54. The Morgan fingerprint density at radius 1 is 1.32 bits per heavy atom. The van der Waals surface area contributed by atoms with Crippen molar-refractivity contribution >= 4 is 11.8 Å². The third kappa shape index (κ3) is 4.81. The van der Waals surface area contributed by atoms with E-state index in [0.717, 1.165) is 37.9 Å². The lowest BCUT2D eigenvalue weighted by atomic mass is 9.79. The third-order valence-electron chi connectivity index (χ3n) is 6.57. The highest BCUT2D eigenvalue weighted by Gasteiger charge is 2.39. The molecule has 3 atom stereocenters. The number of piperidine rings is 2. The van der Waals surface area contributed by atoms with E-state index >= 15 is 0 Å². The monoisotopic (exact) mass is 428 g/mol. The number of hydrogen-bond acceptors (Lipinski definition) is 6. The molecule has 0 spiro atoms. The highest BCUT2D eigenvalue weighted by molar-refractivity contribution is 5.94. The fraction of sp³-hybridized carbons (Fsp3) is 0.636. The fourth-order valence-corrected chi connectivity index (χ4v) is 4.82. The Hall–Kier alpha value is -2.68. The first-order valence-corrected chi connectivity index (χ1v) is 11.1. The third-order valence-corrected chi connectivity index (χ3v) is 6.57. The molecule has 168 valence electrons. The number of nitrogens with zero attached hydrogens (tertiary/aromatic N) is 5. The first-order chi connectivity index (χ1) is 14.9. The van der Waals surface area contributed by atoms with Crippen LogP contribution in [-0.2, 0) is 11.3 Å². The Balaban J connectivity index is 1.41. The molecule has 2 aliphatic heterocycles. The molecule has 2 bridgehead atoms. The molecule has 2 aliphatic rings. The molecule has 1 N–H and O–H groups in total. The van der Waals surface area contributed by atoms with Gasteiger partial charge in [0, 0.05) is 57.6 Å². The van der Waals surface area contributed by atoms with E-state index in [9.17, 15) is 9.59 Å². The van der Waals surface area contributed by atoms with Crippen LogP contribution >= 0.6 is 0 Å². The molecule has 4 heterocycles. The van der Waals surface area contributed by atoms with E-state index in [1.54, 1.807) is 29.9 Å². The van der Waals surface area contributed by atoms with Gasteiger partial charge in [-0.2, -0.15) is 5.10 Å². The molecule has 0 aliphatic carbocycles. The van der Waals surface area contributed by atoms with Crippen molar-refractivity contribution in [2.45, 2.75) is 45.2 Å². The average molecular weight is 429 g/mol. The highest BCUT2D eigenvalue weighted by Crippen LogP contribution is 2.31. The first kappa shape index (κ1) is 21.5. The van der Waals surface area contributed by atoms with E-state index in [-0.39, 0.29) is 11.8 Å². The van der Waals surface area contributed by atoms with Crippen LogP contribution in [0.15, 0.2) is 23.0 Å². The minimum absolute atomic E-state index is 0.0582. The van der Waals surface area contributed by atoms with Crippen molar-refractivity contribution in [3.8, 4) is 0 Å². The number of amides is 2. The van der Waals surface area contributed by atoms with Crippen molar-refractivity contribution < 1.29 is 14.1 Å². The van der Waals surface area contributed by atoms with Crippen LogP contribution in [0.4, 0.5) is 0 Å². The second kappa shape index (κ2) is 9.21. The van der Waals surface area contributed by atoms with E-state index in [1.165, 1.54) is 0 Å². The SMILES string of the molecule is Cc1onc(C(=O)N2C[C@@H]3CN[C@H](CCCC(=O)N(C)C)[C@H](C3)C2)c1Cn1cccn1. The fourth-order valence-electron chi connectivity index (χ4n) is 4.82. The van der Waals surface area contributed by atoms with Gasteiger partial charge in [-0.1, -0.05) is 5.16 Å². The quantitative estimate of drug-likeness (QED) is 0.719. The van der Waals surface area contributed by atoms with Crippen LogP contribution in [0.5, 0.6) is 0 Å². The topological polar surface area (TPSA) is 96.5 Å². The average Bonchev–Trinajstić information content (AvgIpc) is 3.39. The number of fused-ring (bicyclic) bond motifs is 2. The summed E-state index contributed by atoms with van der Waals surface area (Å²) in [4.78, 5) is 28.8. The zero-order chi connectivity index (χ0) is 22.0. The Morgan fingerprint density at radius 2 is 2.16 bits per heavy atom. The summed E-state index contributed by atoms with van der Waals surface area (Å²) in [6, 6.07) is 2.19. The van der Waals surface area contributed by atoms with Crippen LogP contribution in [-0.4, -0.2) is 76.3 Å². The van der Waals surface area contributed by atoms with Crippen molar-refractivity contribution in [1.82, 2.24) is 30.1 Å². The number of hydrogen-bond donors (Lipinski definition) is 1. The van der Waals surface area contributed by atoms with Gasteiger partial charge >= 0.3 is 0 Å². The molecule has 2 aromatic heterocycles. The maximum Gasteiger partial charge on any atom is 0.276 e. The molecule has 31 heavy (non-hydrogen) atoms. The number of aryl methyl sites for hydroxylation is 1. The molecule has 2 aromatic rings. The van der Waals surface area contributed by atoms with Gasteiger partial charge in [-0.15, -0.1) is 0 Å². The summed E-state index contributed by atoms with van der Waals surface area (Å²) in [6.07, 6.45) is 7.09. The lowest BCUT2D eigenvalue weighted by Crippen LogP contribution is -2.57. The summed E-state index contributed by atoms with van der Waals surface area (Å²) in [5, 5.41) is 12.0. The lowest BCUT2D eigenvalue weighted by Gasteiger charge is -2.46. The zero-order valence-corrected chi connectivity index (χ0v) is 18.6. The van der Waals surface area contributed by atoms with E-state index in [2.05, 4.69) is 15.6 Å². The lowest BCUT2D eigenvalue weighted by molar-refractivity contribution is -0.128. The van der Waals surface area contributed by atoms with Crippen LogP contribution < -0.4 is 5.32 Å². The maximum absolute atomic E-state index is 13.4. The maximum atomic E-state index is 13.4. The number of carbonyl (C=O) groups is 2. The van der Waals surface area contributed by atoms with Gasteiger partial charge in [0.05, 0.1) is 6.54 Å². The van der Waals surface area contributed by atoms with Crippen molar-refractivity contribution in [2.24, 2.45) is 11.8 Å². The van der Waals surface area contributed by atoms with E-state index in [1.807, 2.05) is 24.1 Å². The molecule has 2 amide bonds. The van der Waals surface area contributed by atoms with Gasteiger partial charge in [0.25, 0.3) is 5.91 Å². The van der Waals surface area contributed by atoms with Crippen LogP contribution in [0, 0.1) is 18.8 Å². The molecule has 0 unspecified atom stereocenters. The minimum atomic E-state index is -0.0582. The molecular weight excluding hydrogens is 396 g/mol. The number of carbonyl (C=O) groups excluding carboxylic acids is 2. The van der Waals surface area contributed by atoms with Gasteiger partial charge in [0.2, 0.25) is 5.91 Å². The second-order valence-corrected chi connectivity index (χ2v) is 9.04. The van der Waals surface area contributed by atoms with Crippen LogP contribution in [0.25, 0.3) is 0 Å². The van der Waals surface area contributed by atoms with Crippen molar-refractivity contribution in [2.75, 3.05) is 33.7 Å². The number of aromatic nitrogens is 3. The second-order valence-electron chi connectivity index (χ2n) is 9.04. The summed E-state index contributed by atoms with van der Waals surface area (Å²) in [5.74, 6) is 1.61. The zero-order valence-electron chi connectivity index (χ0n) is 18.6.